The van der Waals surface area contributed by atoms with Gasteiger partial charge in [-0.25, -0.2) is 0 Å². The van der Waals surface area contributed by atoms with E-state index in [-0.39, 0.29) is 11.8 Å². The molecule has 0 spiro atoms. The average Bonchev–Trinajstić information content (AvgIpc) is 2.28. The molecule has 0 fully saturated rings. The van der Waals surface area contributed by atoms with Crippen LogP contribution in [0.3, 0.4) is 0 Å². The maximum Gasteiger partial charge on any atom is 0.224 e. The minimum Gasteiger partial charge on any atom is -0.347 e. The number of amides is 1. The zero-order chi connectivity index (χ0) is 13.8. The highest BCUT2D eigenvalue weighted by molar-refractivity contribution is 6.30. The van der Waals surface area contributed by atoms with E-state index in [1.807, 2.05) is 52.1 Å². The highest BCUT2D eigenvalue weighted by Gasteiger charge is 2.25. The minimum atomic E-state index is -0.427. The third-order valence-electron chi connectivity index (χ3n) is 2.94. The van der Waals surface area contributed by atoms with Crippen molar-refractivity contribution in [3.63, 3.8) is 0 Å². The van der Waals surface area contributed by atoms with Crippen molar-refractivity contribution in [3.8, 4) is 0 Å². The van der Waals surface area contributed by atoms with E-state index in [0.29, 0.717) is 11.6 Å². The molecule has 3 nitrogen and oxygen atoms in total. The molecule has 4 heteroatoms. The van der Waals surface area contributed by atoms with Gasteiger partial charge in [0.2, 0.25) is 5.91 Å². The van der Waals surface area contributed by atoms with Gasteiger partial charge in [0.1, 0.15) is 0 Å². The van der Waals surface area contributed by atoms with E-state index in [0.717, 1.165) is 5.56 Å². The van der Waals surface area contributed by atoms with Gasteiger partial charge in [0.15, 0.2) is 0 Å². The first-order valence-electron chi connectivity index (χ1n) is 6.09. The second-order valence-corrected chi connectivity index (χ2v) is 5.52. The van der Waals surface area contributed by atoms with Gasteiger partial charge < -0.3 is 10.6 Å². The molecule has 0 heterocycles. The van der Waals surface area contributed by atoms with Crippen LogP contribution in [0.5, 0.6) is 0 Å². The Hall–Kier alpha value is -1.06. The van der Waals surface area contributed by atoms with Crippen LogP contribution in [-0.2, 0) is 10.3 Å². The Kier molecular flexibility index (Phi) is 5.17. The van der Waals surface area contributed by atoms with Crippen LogP contribution in [0.2, 0.25) is 5.02 Å². The Morgan fingerprint density at radius 1 is 1.44 bits per heavy atom. The summed E-state index contributed by atoms with van der Waals surface area (Å²) in [5.74, 6) is -0.0252. The number of rotatable bonds is 5. The van der Waals surface area contributed by atoms with Crippen molar-refractivity contribution in [3.05, 3.63) is 34.9 Å². The van der Waals surface area contributed by atoms with Crippen molar-refractivity contribution < 1.29 is 4.79 Å². The number of carbonyl (C=O) groups excluding carboxylic acids is 1. The topological polar surface area (TPSA) is 41.1 Å². The first-order valence-corrected chi connectivity index (χ1v) is 6.47. The summed E-state index contributed by atoms with van der Waals surface area (Å²) in [6, 6.07) is 7.56. The molecule has 0 aliphatic heterocycles. The van der Waals surface area contributed by atoms with Crippen molar-refractivity contribution in [2.45, 2.75) is 26.3 Å². The van der Waals surface area contributed by atoms with Crippen LogP contribution >= 0.6 is 11.6 Å². The number of hydrogen-bond acceptors (Lipinski definition) is 2. The van der Waals surface area contributed by atoms with Gasteiger partial charge in [0, 0.05) is 17.5 Å². The summed E-state index contributed by atoms with van der Waals surface area (Å²) in [5, 5.41) is 6.73. The predicted molar refractivity (Wildman–Crippen MR) is 75.7 cm³/mol. The summed E-state index contributed by atoms with van der Waals surface area (Å²) in [7, 11) is 1.84. The first kappa shape index (κ1) is 15.0. The van der Waals surface area contributed by atoms with Crippen molar-refractivity contribution >= 4 is 17.5 Å². The van der Waals surface area contributed by atoms with Crippen LogP contribution in [0.1, 0.15) is 26.3 Å². The second-order valence-electron chi connectivity index (χ2n) is 5.08. The molecule has 1 amide bonds. The third kappa shape index (κ3) is 4.00. The van der Waals surface area contributed by atoms with E-state index < -0.39 is 5.54 Å². The fourth-order valence-corrected chi connectivity index (χ4v) is 1.97. The monoisotopic (exact) mass is 268 g/mol. The Morgan fingerprint density at radius 2 is 2.11 bits per heavy atom. The molecule has 0 saturated carbocycles. The van der Waals surface area contributed by atoms with E-state index in [1.165, 1.54) is 0 Å². The van der Waals surface area contributed by atoms with Crippen LogP contribution in [0.25, 0.3) is 0 Å². The Balaban J connectivity index is 2.78. The molecule has 1 aromatic rings. The lowest BCUT2D eigenvalue weighted by Crippen LogP contribution is -2.45. The van der Waals surface area contributed by atoms with E-state index in [9.17, 15) is 4.79 Å². The van der Waals surface area contributed by atoms with Gasteiger partial charge in [0.25, 0.3) is 0 Å². The van der Waals surface area contributed by atoms with E-state index >= 15 is 0 Å². The molecule has 0 aliphatic carbocycles. The van der Waals surface area contributed by atoms with Gasteiger partial charge in [-0.15, -0.1) is 0 Å². The maximum atomic E-state index is 12.0. The minimum absolute atomic E-state index is 0.0364. The molecule has 0 radical (unpaired) electrons. The molecule has 1 aromatic carbocycles. The zero-order valence-electron chi connectivity index (χ0n) is 11.4. The van der Waals surface area contributed by atoms with Crippen LogP contribution < -0.4 is 10.6 Å². The van der Waals surface area contributed by atoms with Crippen molar-refractivity contribution in [2.24, 2.45) is 5.92 Å². The molecular formula is C14H21ClN2O. The fraction of sp³-hybridized carbons (Fsp3) is 0.500. The summed E-state index contributed by atoms with van der Waals surface area (Å²) in [6.07, 6.45) is 0. The molecule has 0 saturated heterocycles. The van der Waals surface area contributed by atoms with Gasteiger partial charge in [-0.3, -0.25) is 4.79 Å². The van der Waals surface area contributed by atoms with Crippen molar-refractivity contribution in [1.29, 1.82) is 0 Å². The highest BCUT2D eigenvalue weighted by atomic mass is 35.5. The summed E-state index contributed by atoms with van der Waals surface area (Å²) >= 11 is 5.98. The number of hydrogen-bond donors (Lipinski definition) is 2. The lowest BCUT2D eigenvalue weighted by atomic mass is 9.93. The molecule has 1 atom stereocenters. The van der Waals surface area contributed by atoms with Gasteiger partial charge in [0.05, 0.1) is 5.54 Å². The van der Waals surface area contributed by atoms with Gasteiger partial charge in [-0.05, 0) is 38.6 Å². The van der Waals surface area contributed by atoms with Gasteiger partial charge in [-0.1, -0.05) is 30.7 Å². The van der Waals surface area contributed by atoms with Crippen molar-refractivity contribution in [2.75, 3.05) is 13.6 Å². The third-order valence-corrected chi connectivity index (χ3v) is 3.17. The molecule has 1 rings (SSSR count). The summed E-state index contributed by atoms with van der Waals surface area (Å²) < 4.78 is 0. The number of carbonyl (C=O) groups is 1. The molecule has 100 valence electrons. The normalized spacial score (nSPS) is 13.2. The largest absolute Gasteiger partial charge is 0.347 e. The second kappa shape index (κ2) is 6.21. The smallest absolute Gasteiger partial charge is 0.224 e. The zero-order valence-corrected chi connectivity index (χ0v) is 12.1. The Morgan fingerprint density at radius 3 is 2.67 bits per heavy atom. The average molecular weight is 269 g/mol. The maximum absolute atomic E-state index is 12.0. The molecule has 0 aromatic heterocycles. The van der Waals surface area contributed by atoms with Crippen molar-refractivity contribution in [1.82, 2.24) is 10.6 Å². The predicted octanol–water partition coefficient (Wildman–Crippen LogP) is 2.55. The molecule has 0 aliphatic rings. The number of benzene rings is 1. The van der Waals surface area contributed by atoms with Crippen LogP contribution in [-0.4, -0.2) is 19.5 Å². The van der Waals surface area contributed by atoms with E-state index in [1.54, 1.807) is 0 Å². The van der Waals surface area contributed by atoms with Crippen LogP contribution in [0, 0.1) is 5.92 Å². The molecule has 0 bridgehead atoms. The molecule has 1 unspecified atom stereocenters. The number of halogens is 1. The van der Waals surface area contributed by atoms with Crippen LogP contribution in [0.4, 0.5) is 0 Å². The Labute approximate surface area is 114 Å². The quantitative estimate of drug-likeness (QED) is 0.862. The number of nitrogens with one attached hydrogen (secondary N) is 2. The summed E-state index contributed by atoms with van der Waals surface area (Å²) in [4.78, 5) is 12.0. The van der Waals surface area contributed by atoms with E-state index in [2.05, 4.69) is 10.6 Å². The standard InChI is InChI=1S/C14H21ClN2O/c1-10(9-16-4)13(18)17-14(2,3)11-6-5-7-12(15)8-11/h5-8,10,16H,9H2,1-4H3,(H,17,18). The lowest BCUT2D eigenvalue weighted by molar-refractivity contribution is -0.126. The summed E-state index contributed by atoms with van der Waals surface area (Å²) in [5.41, 5.74) is 0.573. The van der Waals surface area contributed by atoms with Gasteiger partial charge >= 0.3 is 0 Å². The lowest BCUT2D eigenvalue weighted by Gasteiger charge is -2.28. The fourth-order valence-electron chi connectivity index (χ4n) is 1.78. The SMILES string of the molecule is CNCC(C)C(=O)NC(C)(C)c1cccc(Cl)c1. The first-order chi connectivity index (χ1) is 8.36. The Bertz CT molecular complexity index is 418. The highest BCUT2D eigenvalue weighted by Crippen LogP contribution is 2.23. The summed E-state index contributed by atoms with van der Waals surface area (Å²) in [6.45, 7) is 6.52. The molecular weight excluding hydrogens is 248 g/mol. The molecule has 18 heavy (non-hydrogen) atoms. The van der Waals surface area contributed by atoms with Crippen LogP contribution in [0.15, 0.2) is 24.3 Å². The molecule has 2 N–H and O–H groups in total. The van der Waals surface area contributed by atoms with E-state index in [4.69, 9.17) is 11.6 Å². The van der Waals surface area contributed by atoms with Gasteiger partial charge in [-0.2, -0.15) is 0 Å².